The Morgan fingerprint density at radius 1 is 1.02 bits per heavy atom. The fourth-order valence-corrected chi connectivity index (χ4v) is 5.44. The summed E-state index contributed by atoms with van der Waals surface area (Å²) in [4.78, 5) is 41.9. The normalized spacial score (nSPS) is 17.1. The highest BCUT2D eigenvalue weighted by Gasteiger charge is 2.40. The summed E-state index contributed by atoms with van der Waals surface area (Å²) in [6.45, 7) is 9.61. The van der Waals surface area contributed by atoms with E-state index in [4.69, 9.17) is 9.47 Å². The number of amides is 3. The van der Waals surface area contributed by atoms with Gasteiger partial charge in [-0.05, 0) is 65.5 Å². The van der Waals surface area contributed by atoms with Crippen LogP contribution in [0.3, 0.4) is 0 Å². The third kappa shape index (κ3) is 7.95. The van der Waals surface area contributed by atoms with Crippen molar-refractivity contribution in [3.63, 3.8) is 0 Å². The molecule has 2 aliphatic heterocycles. The zero-order chi connectivity index (χ0) is 31.3. The molecule has 0 bridgehead atoms. The van der Waals surface area contributed by atoms with Gasteiger partial charge in [0.1, 0.15) is 22.9 Å². The molecule has 2 aliphatic rings. The van der Waals surface area contributed by atoms with Crippen LogP contribution in [-0.2, 0) is 19.7 Å². The summed E-state index contributed by atoms with van der Waals surface area (Å²) >= 11 is 0. The van der Waals surface area contributed by atoms with Crippen molar-refractivity contribution in [3.8, 4) is 11.8 Å². The van der Waals surface area contributed by atoms with E-state index in [9.17, 15) is 19.6 Å². The average Bonchev–Trinajstić information content (AvgIpc) is 3.17. The number of nitrogens with zero attached hydrogens (tertiary/aromatic N) is 2. The first-order valence-electron chi connectivity index (χ1n) is 14.8. The number of likely N-dealkylation sites (tertiary alicyclic amines) is 1. The molecule has 1 saturated heterocycles. The third-order valence-corrected chi connectivity index (χ3v) is 7.88. The van der Waals surface area contributed by atoms with Crippen molar-refractivity contribution < 1.29 is 23.9 Å². The first kappa shape index (κ1) is 31.6. The second-order valence-corrected chi connectivity index (χ2v) is 12.8. The van der Waals surface area contributed by atoms with Crippen LogP contribution in [0.15, 0.2) is 60.2 Å². The lowest BCUT2D eigenvalue weighted by Gasteiger charge is -2.39. The van der Waals surface area contributed by atoms with Gasteiger partial charge in [-0.25, -0.2) is 4.79 Å². The Hall–Kier alpha value is -4.32. The van der Waals surface area contributed by atoms with Gasteiger partial charge in [-0.15, -0.1) is 0 Å². The van der Waals surface area contributed by atoms with Gasteiger partial charge in [0.2, 0.25) is 11.8 Å². The Kier molecular flexibility index (Phi) is 9.49. The molecule has 228 valence electrons. The van der Waals surface area contributed by atoms with Crippen molar-refractivity contribution in [2.75, 3.05) is 19.7 Å². The lowest BCUT2D eigenvalue weighted by atomic mass is 9.74. The first-order valence-corrected chi connectivity index (χ1v) is 14.8. The van der Waals surface area contributed by atoms with Crippen LogP contribution in [0.5, 0.6) is 5.75 Å². The number of ether oxygens (including phenoxy) is 2. The maximum absolute atomic E-state index is 14.1. The lowest BCUT2D eigenvalue weighted by Crippen LogP contribution is -2.60. The van der Waals surface area contributed by atoms with Gasteiger partial charge in [-0.2, -0.15) is 5.26 Å². The van der Waals surface area contributed by atoms with Crippen LogP contribution in [0.4, 0.5) is 4.79 Å². The quantitative estimate of drug-likeness (QED) is 0.465. The Bertz CT molecular complexity index is 1400. The predicted molar refractivity (Wildman–Crippen MR) is 164 cm³/mol. The molecule has 1 unspecified atom stereocenters. The van der Waals surface area contributed by atoms with Crippen molar-refractivity contribution in [3.05, 3.63) is 71.3 Å². The van der Waals surface area contributed by atoms with Gasteiger partial charge < -0.3 is 25.0 Å². The number of hydrogen-bond acceptors (Lipinski definition) is 6. The highest BCUT2D eigenvalue weighted by molar-refractivity contribution is 5.94. The molecule has 3 amide bonds. The van der Waals surface area contributed by atoms with E-state index in [2.05, 4.69) is 16.7 Å². The molecule has 43 heavy (non-hydrogen) atoms. The van der Waals surface area contributed by atoms with E-state index in [0.717, 1.165) is 22.4 Å². The van der Waals surface area contributed by atoms with Crippen molar-refractivity contribution in [1.29, 1.82) is 5.26 Å². The Morgan fingerprint density at radius 2 is 1.67 bits per heavy atom. The van der Waals surface area contributed by atoms with Gasteiger partial charge >= 0.3 is 6.09 Å². The van der Waals surface area contributed by atoms with Crippen LogP contribution in [0.2, 0.25) is 0 Å². The minimum absolute atomic E-state index is 0.222. The minimum atomic E-state index is -1.35. The number of benzene rings is 2. The van der Waals surface area contributed by atoms with Gasteiger partial charge in [0, 0.05) is 25.1 Å². The third-order valence-electron chi connectivity index (χ3n) is 7.88. The van der Waals surface area contributed by atoms with Crippen LogP contribution in [-0.4, -0.2) is 59.7 Å². The number of nitrogens with one attached hydrogen (secondary N) is 2. The fourth-order valence-electron chi connectivity index (χ4n) is 5.44. The van der Waals surface area contributed by atoms with Gasteiger partial charge in [0.15, 0.2) is 0 Å². The average molecular weight is 587 g/mol. The molecular formula is C34H42N4O5. The molecule has 9 nitrogen and oxygen atoms in total. The first-order chi connectivity index (χ1) is 20.3. The van der Waals surface area contributed by atoms with Crippen LogP contribution in [0, 0.1) is 11.3 Å². The molecule has 4 rings (SSSR count). The Morgan fingerprint density at radius 3 is 2.33 bits per heavy atom. The van der Waals surface area contributed by atoms with Gasteiger partial charge in [-0.1, -0.05) is 60.2 Å². The SMILES string of the molecule is CC(C)(C)OC(=O)NC(C)(C)C(=O)NC(CC1=Cc2ccccc2OCC1)C(=O)N1CCC(C#N)(c2ccccc2)CC1. The molecule has 0 radical (unpaired) electrons. The number of piperidine rings is 1. The van der Waals surface area contributed by atoms with E-state index in [1.165, 1.54) is 0 Å². The van der Waals surface area contributed by atoms with Crippen molar-refractivity contribution in [2.24, 2.45) is 0 Å². The molecule has 2 aromatic rings. The largest absolute Gasteiger partial charge is 0.493 e. The zero-order valence-corrected chi connectivity index (χ0v) is 25.7. The number of alkyl carbamates (subject to hydrolysis) is 1. The van der Waals surface area contributed by atoms with E-state index in [1.54, 1.807) is 39.5 Å². The van der Waals surface area contributed by atoms with Gasteiger partial charge in [0.25, 0.3) is 0 Å². The van der Waals surface area contributed by atoms with Crippen LogP contribution in [0.1, 0.15) is 71.4 Å². The standard InChI is InChI=1S/C34H42N4O5/c1-32(2,3)43-31(41)37-33(4,5)30(40)36-27(22-24-15-20-42-28-14-10-9-11-25(28)21-24)29(39)38-18-16-34(23-35,17-19-38)26-12-7-6-8-13-26/h6-14,21,27H,15-20,22H2,1-5H3,(H,36,40)(H,37,41). The molecular weight excluding hydrogens is 544 g/mol. The second-order valence-electron chi connectivity index (χ2n) is 12.8. The summed E-state index contributed by atoms with van der Waals surface area (Å²) in [7, 11) is 0. The molecule has 0 aliphatic carbocycles. The molecule has 2 heterocycles. The molecule has 1 fully saturated rings. The molecule has 0 saturated carbocycles. The molecule has 2 N–H and O–H groups in total. The van der Waals surface area contributed by atoms with E-state index >= 15 is 0 Å². The summed E-state index contributed by atoms with van der Waals surface area (Å²) in [5, 5.41) is 15.7. The molecule has 0 spiro atoms. The van der Waals surface area contributed by atoms with Crippen molar-refractivity contribution in [2.45, 2.75) is 82.9 Å². The van der Waals surface area contributed by atoms with Crippen LogP contribution < -0.4 is 15.4 Å². The van der Waals surface area contributed by atoms with Crippen LogP contribution >= 0.6 is 0 Å². The monoisotopic (exact) mass is 586 g/mol. The number of carbonyl (C=O) groups is 3. The molecule has 9 heteroatoms. The molecule has 2 aromatic carbocycles. The van der Waals surface area contributed by atoms with E-state index in [-0.39, 0.29) is 12.3 Å². The number of rotatable bonds is 7. The molecule has 1 atom stereocenters. The zero-order valence-electron chi connectivity index (χ0n) is 25.7. The van der Waals surface area contributed by atoms with Crippen molar-refractivity contribution >= 4 is 24.0 Å². The number of nitriles is 1. The minimum Gasteiger partial charge on any atom is -0.493 e. The van der Waals surface area contributed by atoms with Crippen molar-refractivity contribution in [1.82, 2.24) is 15.5 Å². The predicted octanol–water partition coefficient (Wildman–Crippen LogP) is 5.11. The summed E-state index contributed by atoms with van der Waals surface area (Å²) in [5.41, 5.74) is 0.0899. The summed E-state index contributed by atoms with van der Waals surface area (Å²) in [6, 6.07) is 19.0. The number of para-hydroxylation sites is 1. The maximum atomic E-state index is 14.1. The lowest BCUT2D eigenvalue weighted by molar-refractivity contribution is -0.138. The number of hydrogen-bond donors (Lipinski definition) is 2. The summed E-state index contributed by atoms with van der Waals surface area (Å²) in [5.74, 6) is 0.0486. The van der Waals surface area contributed by atoms with E-state index in [1.807, 2.05) is 60.7 Å². The van der Waals surface area contributed by atoms with E-state index in [0.29, 0.717) is 39.0 Å². The highest BCUT2D eigenvalue weighted by Crippen LogP contribution is 2.35. The molecule has 0 aromatic heterocycles. The second kappa shape index (κ2) is 12.9. The summed E-state index contributed by atoms with van der Waals surface area (Å²) in [6.07, 6.45) is 3.17. The topological polar surface area (TPSA) is 121 Å². The number of carbonyl (C=O) groups excluding carboxylic acids is 3. The fraction of sp³-hybridized carbons (Fsp3) is 0.471. The maximum Gasteiger partial charge on any atom is 0.408 e. The highest BCUT2D eigenvalue weighted by atomic mass is 16.6. The van der Waals surface area contributed by atoms with Gasteiger partial charge in [0.05, 0.1) is 18.1 Å². The van der Waals surface area contributed by atoms with Gasteiger partial charge in [-0.3, -0.25) is 9.59 Å². The van der Waals surface area contributed by atoms with E-state index < -0.39 is 34.6 Å². The Balaban J connectivity index is 1.54. The Labute approximate surface area is 254 Å². The smallest absolute Gasteiger partial charge is 0.408 e. The van der Waals surface area contributed by atoms with Crippen LogP contribution in [0.25, 0.3) is 6.08 Å². The number of fused-ring (bicyclic) bond motifs is 1. The summed E-state index contributed by atoms with van der Waals surface area (Å²) < 4.78 is 11.3.